The smallest absolute Gasteiger partial charge is 0.253 e. The standard InChI is InChI=1S/C19H26N6O2S/c1-24(2)18(27)14-8-10-15(11-9-14)21-16(26)12-28-19-23-22-17(25(19)20)13-6-4-3-5-7-13/h8-11,13H,3-7,12,20H2,1-2H3,(H,21,26). The molecule has 0 spiro atoms. The Morgan fingerprint density at radius 2 is 1.86 bits per heavy atom. The van der Waals surface area contributed by atoms with E-state index in [1.54, 1.807) is 38.4 Å². The normalized spacial score (nSPS) is 14.6. The summed E-state index contributed by atoms with van der Waals surface area (Å²) in [6, 6.07) is 6.81. The Morgan fingerprint density at radius 1 is 1.18 bits per heavy atom. The predicted molar refractivity (Wildman–Crippen MR) is 110 cm³/mol. The number of hydrogen-bond acceptors (Lipinski definition) is 6. The summed E-state index contributed by atoms with van der Waals surface area (Å²) in [5.74, 6) is 7.25. The second-order valence-electron chi connectivity index (χ2n) is 7.16. The summed E-state index contributed by atoms with van der Waals surface area (Å²) in [6.45, 7) is 0. The van der Waals surface area contributed by atoms with Gasteiger partial charge in [-0.05, 0) is 37.1 Å². The van der Waals surface area contributed by atoms with Crippen LogP contribution in [0.4, 0.5) is 5.69 Å². The van der Waals surface area contributed by atoms with Crippen LogP contribution in [0.5, 0.6) is 0 Å². The van der Waals surface area contributed by atoms with Crippen molar-refractivity contribution < 1.29 is 9.59 Å². The zero-order valence-corrected chi connectivity index (χ0v) is 17.0. The third-order valence-electron chi connectivity index (χ3n) is 4.82. The molecule has 2 amide bonds. The second kappa shape index (κ2) is 9.09. The molecule has 0 saturated heterocycles. The molecule has 28 heavy (non-hydrogen) atoms. The van der Waals surface area contributed by atoms with E-state index in [9.17, 15) is 9.59 Å². The van der Waals surface area contributed by atoms with Crippen LogP contribution < -0.4 is 11.2 Å². The quantitative estimate of drug-likeness (QED) is 0.568. The Kier molecular flexibility index (Phi) is 6.56. The van der Waals surface area contributed by atoms with Gasteiger partial charge in [0.05, 0.1) is 5.75 Å². The molecular formula is C19H26N6O2S. The molecule has 9 heteroatoms. The highest BCUT2D eigenvalue weighted by atomic mass is 32.2. The number of amides is 2. The molecule has 1 aliphatic rings. The molecule has 8 nitrogen and oxygen atoms in total. The van der Waals surface area contributed by atoms with Crippen LogP contribution in [0.15, 0.2) is 29.4 Å². The third-order valence-corrected chi connectivity index (χ3v) is 5.76. The lowest BCUT2D eigenvalue weighted by Crippen LogP contribution is -2.21. The number of nitrogens with zero attached hydrogens (tertiary/aromatic N) is 4. The first-order chi connectivity index (χ1) is 13.5. The van der Waals surface area contributed by atoms with Gasteiger partial charge in [0.1, 0.15) is 0 Å². The molecule has 2 aromatic rings. The minimum atomic E-state index is -0.168. The largest absolute Gasteiger partial charge is 0.345 e. The highest BCUT2D eigenvalue weighted by molar-refractivity contribution is 7.99. The van der Waals surface area contributed by atoms with Crippen LogP contribution in [-0.2, 0) is 4.79 Å². The van der Waals surface area contributed by atoms with Crippen molar-refractivity contribution in [2.75, 3.05) is 31.0 Å². The molecule has 1 heterocycles. The summed E-state index contributed by atoms with van der Waals surface area (Å²) >= 11 is 1.26. The van der Waals surface area contributed by atoms with E-state index in [-0.39, 0.29) is 17.6 Å². The van der Waals surface area contributed by atoms with Gasteiger partial charge in [0.25, 0.3) is 5.91 Å². The van der Waals surface area contributed by atoms with Crippen molar-refractivity contribution in [1.29, 1.82) is 0 Å². The number of hydrogen-bond donors (Lipinski definition) is 2. The molecule has 1 aromatic carbocycles. The van der Waals surface area contributed by atoms with Gasteiger partial charge >= 0.3 is 0 Å². The van der Waals surface area contributed by atoms with E-state index in [1.807, 2.05) is 0 Å². The Balaban J connectivity index is 1.53. The fraction of sp³-hybridized carbons (Fsp3) is 0.474. The van der Waals surface area contributed by atoms with E-state index >= 15 is 0 Å². The van der Waals surface area contributed by atoms with Gasteiger partial charge in [-0.2, -0.15) is 0 Å². The number of anilines is 1. The SMILES string of the molecule is CN(C)C(=O)c1ccc(NC(=O)CSc2nnc(C3CCCCC3)n2N)cc1. The van der Waals surface area contributed by atoms with E-state index in [2.05, 4.69) is 15.5 Å². The van der Waals surface area contributed by atoms with Crippen molar-refractivity contribution in [2.45, 2.75) is 43.2 Å². The zero-order chi connectivity index (χ0) is 20.1. The molecule has 3 N–H and O–H groups in total. The number of nitrogens with two attached hydrogens (primary N) is 1. The fourth-order valence-electron chi connectivity index (χ4n) is 3.31. The summed E-state index contributed by atoms with van der Waals surface area (Å²) in [7, 11) is 3.40. The van der Waals surface area contributed by atoms with Crippen LogP contribution in [0.3, 0.4) is 0 Å². The van der Waals surface area contributed by atoms with Gasteiger partial charge < -0.3 is 16.1 Å². The van der Waals surface area contributed by atoms with Gasteiger partial charge in [0.2, 0.25) is 11.1 Å². The molecule has 1 aliphatic carbocycles. The Bertz CT molecular complexity index is 827. The summed E-state index contributed by atoms with van der Waals surface area (Å²) in [6.07, 6.45) is 5.84. The lowest BCUT2D eigenvalue weighted by Gasteiger charge is -2.20. The molecule has 150 valence electrons. The molecule has 0 radical (unpaired) electrons. The number of thioether (sulfide) groups is 1. The summed E-state index contributed by atoms with van der Waals surface area (Å²) < 4.78 is 1.52. The minimum absolute atomic E-state index is 0.0792. The van der Waals surface area contributed by atoms with Crippen molar-refractivity contribution >= 4 is 29.3 Å². The monoisotopic (exact) mass is 402 g/mol. The average molecular weight is 403 g/mol. The van der Waals surface area contributed by atoms with E-state index in [0.29, 0.717) is 22.3 Å². The van der Waals surface area contributed by atoms with Crippen molar-refractivity contribution in [3.63, 3.8) is 0 Å². The molecular weight excluding hydrogens is 376 g/mol. The highest BCUT2D eigenvalue weighted by Crippen LogP contribution is 2.32. The number of nitrogen functional groups attached to an aromatic ring is 1. The average Bonchev–Trinajstić information content (AvgIpc) is 3.07. The fourth-order valence-corrected chi connectivity index (χ4v) is 3.97. The van der Waals surface area contributed by atoms with Crippen LogP contribution in [0.2, 0.25) is 0 Å². The van der Waals surface area contributed by atoms with Crippen molar-refractivity contribution in [3.05, 3.63) is 35.7 Å². The zero-order valence-electron chi connectivity index (χ0n) is 16.2. The molecule has 0 unspecified atom stereocenters. The van der Waals surface area contributed by atoms with E-state index in [1.165, 1.54) is 40.6 Å². The molecule has 1 saturated carbocycles. The van der Waals surface area contributed by atoms with E-state index in [0.717, 1.165) is 18.7 Å². The number of benzene rings is 1. The topological polar surface area (TPSA) is 106 Å². The summed E-state index contributed by atoms with van der Waals surface area (Å²) in [5, 5.41) is 11.7. The number of nitrogens with one attached hydrogen (secondary N) is 1. The van der Waals surface area contributed by atoms with Crippen molar-refractivity contribution in [1.82, 2.24) is 19.8 Å². The predicted octanol–water partition coefficient (Wildman–Crippen LogP) is 2.47. The van der Waals surface area contributed by atoms with Crippen LogP contribution in [0, 0.1) is 0 Å². The molecule has 1 aromatic heterocycles. The van der Waals surface area contributed by atoms with Crippen LogP contribution in [0.1, 0.15) is 54.2 Å². The Labute approximate surface area is 168 Å². The first kappa shape index (κ1) is 20.2. The van der Waals surface area contributed by atoms with Gasteiger partial charge in [0, 0.05) is 31.3 Å². The number of carbonyl (C=O) groups excluding carboxylic acids is 2. The third kappa shape index (κ3) is 4.83. The maximum absolute atomic E-state index is 12.2. The first-order valence-electron chi connectivity index (χ1n) is 9.40. The molecule has 0 aliphatic heterocycles. The second-order valence-corrected chi connectivity index (χ2v) is 8.10. The van der Waals surface area contributed by atoms with E-state index < -0.39 is 0 Å². The lowest BCUT2D eigenvalue weighted by atomic mass is 9.89. The van der Waals surface area contributed by atoms with E-state index in [4.69, 9.17) is 5.84 Å². The molecule has 3 rings (SSSR count). The van der Waals surface area contributed by atoms with Gasteiger partial charge in [-0.3, -0.25) is 9.59 Å². The lowest BCUT2D eigenvalue weighted by molar-refractivity contribution is -0.113. The number of carbonyl (C=O) groups is 2. The van der Waals surface area contributed by atoms with Crippen molar-refractivity contribution in [2.24, 2.45) is 0 Å². The first-order valence-corrected chi connectivity index (χ1v) is 10.4. The summed E-state index contributed by atoms with van der Waals surface area (Å²) in [4.78, 5) is 25.6. The van der Waals surface area contributed by atoms with Crippen molar-refractivity contribution in [3.8, 4) is 0 Å². The number of rotatable bonds is 6. The summed E-state index contributed by atoms with van der Waals surface area (Å²) in [5.41, 5.74) is 1.21. The van der Waals surface area contributed by atoms with Crippen LogP contribution in [-0.4, -0.2) is 51.4 Å². The van der Waals surface area contributed by atoms with Crippen LogP contribution >= 0.6 is 11.8 Å². The Morgan fingerprint density at radius 3 is 2.50 bits per heavy atom. The molecule has 0 atom stereocenters. The van der Waals surface area contributed by atoms with Gasteiger partial charge in [0.15, 0.2) is 5.82 Å². The highest BCUT2D eigenvalue weighted by Gasteiger charge is 2.22. The van der Waals surface area contributed by atoms with Gasteiger partial charge in [-0.25, -0.2) is 4.68 Å². The van der Waals surface area contributed by atoms with Crippen LogP contribution in [0.25, 0.3) is 0 Å². The Hall–Kier alpha value is -2.55. The maximum atomic E-state index is 12.2. The minimum Gasteiger partial charge on any atom is -0.345 e. The number of aromatic nitrogens is 3. The van der Waals surface area contributed by atoms with Gasteiger partial charge in [-0.15, -0.1) is 10.2 Å². The van der Waals surface area contributed by atoms with Gasteiger partial charge in [-0.1, -0.05) is 31.0 Å². The molecule has 1 fully saturated rings. The molecule has 0 bridgehead atoms. The maximum Gasteiger partial charge on any atom is 0.253 e.